The van der Waals surface area contributed by atoms with Crippen LogP contribution in [0.15, 0.2) is 30.3 Å². The first-order chi connectivity index (χ1) is 11.6. The number of fused-ring (bicyclic) bond motifs is 1. The fourth-order valence-corrected chi connectivity index (χ4v) is 4.28. The first-order valence-electron chi connectivity index (χ1n) is 7.75. The molecule has 0 saturated heterocycles. The molecule has 3 rings (SSSR count). The number of benzene rings is 1. The zero-order valence-corrected chi connectivity index (χ0v) is 18.0. The molecule has 2 aromatic heterocycles. The Bertz CT molecular complexity index is 832. The Kier molecular flexibility index (Phi) is 8.79. The molecule has 5 nitrogen and oxygen atoms in total. The van der Waals surface area contributed by atoms with E-state index >= 15 is 0 Å². The third-order valence-electron chi connectivity index (χ3n) is 3.45. The monoisotopic (exact) mass is 432 g/mol. The largest absolute Gasteiger partial charge is 0.354 e. The van der Waals surface area contributed by atoms with Gasteiger partial charge in [-0.2, -0.15) is 0 Å². The Morgan fingerprint density at radius 3 is 2.62 bits per heavy atom. The van der Waals surface area contributed by atoms with Gasteiger partial charge in [-0.15, -0.1) is 36.2 Å². The maximum absolute atomic E-state index is 12.5. The molecule has 0 atom stereocenters. The number of thiazole rings is 1. The number of anilines is 2. The number of hydrogen-bond acceptors (Lipinski definition) is 6. The van der Waals surface area contributed by atoms with Crippen LogP contribution in [-0.2, 0) is 6.54 Å². The molecule has 0 aliphatic carbocycles. The molecule has 0 saturated carbocycles. The van der Waals surface area contributed by atoms with E-state index in [1.807, 2.05) is 49.3 Å². The highest BCUT2D eigenvalue weighted by Gasteiger charge is 2.15. The molecule has 0 aliphatic rings. The van der Waals surface area contributed by atoms with Crippen LogP contribution in [0.1, 0.15) is 22.2 Å². The molecule has 0 unspecified atom stereocenters. The highest BCUT2D eigenvalue weighted by molar-refractivity contribution is 7.29. The molecule has 142 valence electrons. The van der Waals surface area contributed by atoms with Gasteiger partial charge >= 0.3 is 0 Å². The van der Waals surface area contributed by atoms with Crippen LogP contribution in [0, 0.1) is 0 Å². The molecule has 0 radical (unpaired) electrons. The molecule has 0 spiro atoms. The number of nitrogens with zero attached hydrogens (tertiary/aromatic N) is 2. The Morgan fingerprint density at radius 2 is 1.96 bits per heavy atom. The van der Waals surface area contributed by atoms with Crippen molar-refractivity contribution in [3.8, 4) is 0 Å². The predicted molar refractivity (Wildman–Crippen MR) is 118 cm³/mol. The van der Waals surface area contributed by atoms with Crippen LogP contribution in [0.25, 0.3) is 9.53 Å². The maximum Gasteiger partial charge on any atom is 0.265 e. The molecular weight excluding hydrogens is 411 g/mol. The van der Waals surface area contributed by atoms with Crippen LogP contribution < -0.4 is 15.5 Å². The number of carbonyl (C=O) groups is 1. The second kappa shape index (κ2) is 10.1. The maximum atomic E-state index is 12.5. The van der Waals surface area contributed by atoms with Crippen LogP contribution in [0.3, 0.4) is 0 Å². The van der Waals surface area contributed by atoms with Crippen LogP contribution in [0.5, 0.6) is 0 Å². The lowest BCUT2D eigenvalue weighted by molar-refractivity contribution is 0.103. The van der Waals surface area contributed by atoms with Gasteiger partial charge < -0.3 is 15.5 Å². The van der Waals surface area contributed by atoms with E-state index in [4.69, 9.17) is 0 Å². The molecule has 1 aromatic carbocycles. The van der Waals surface area contributed by atoms with Gasteiger partial charge in [0.05, 0.1) is 9.58 Å². The molecule has 26 heavy (non-hydrogen) atoms. The van der Waals surface area contributed by atoms with E-state index in [1.165, 1.54) is 11.3 Å². The summed E-state index contributed by atoms with van der Waals surface area (Å²) < 4.78 is 1.05. The van der Waals surface area contributed by atoms with Crippen LogP contribution in [0.2, 0.25) is 0 Å². The quantitative estimate of drug-likeness (QED) is 0.595. The van der Waals surface area contributed by atoms with E-state index in [9.17, 15) is 4.79 Å². The summed E-state index contributed by atoms with van der Waals surface area (Å²) in [7, 11) is 3.94. The molecule has 2 N–H and O–H groups in total. The molecule has 0 bridgehead atoms. The Morgan fingerprint density at radius 1 is 1.19 bits per heavy atom. The molecule has 1 amide bonds. The molecule has 0 fully saturated rings. The third kappa shape index (κ3) is 5.31. The van der Waals surface area contributed by atoms with Gasteiger partial charge in [-0.05, 0) is 30.3 Å². The molecule has 9 heteroatoms. The van der Waals surface area contributed by atoms with Crippen molar-refractivity contribution in [3.63, 3.8) is 0 Å². The Labute approximate surface area is 173 Å². The smallest absolute Gasteiger partial charge is 0.265 e. The van der Waals surface area contributed by atoms with Crippen molar-refractivity contribution in [1.29, 1.82) is 0 Å². The van der Waals surface area contributed by atoms with Gasteiger partial charge in [-0.3, -0.25) is 4.79 Å². The number of amides is 1. The number of nitrogens with one attached hydrogen (secondary N) is 2. The first kappa shape index (κ1) is 22.7. The lowest BCUT2D eigenvalue weighted by Gasteiger charge is -2.07. The van der Waals surface area contributed by atoms with Gasteiger partial charge in [0.1, 0.15) is 4.83 Å². The summed E-state index contributed by atoms with van der Waals surface area (Å²) in [6.45, 7) is 3.79. The van der Waals surface area contributed by atoms with Crippen LogP contribution >= 0.6 is 47.5 Å². The van der Waals surface area contributed by atoms with Crippen molar-refractivity contribution in [2.45, 2.75) is 13.5 Å². The van der Waals surface area contributed by atoms with Crippen molar-refractivity contribution in [3.05, 3.63) is 40.8 Å². The van der Waals surface area contributed by atoms with Crippen molar-refractivity contribution < 1.29 is 4.79 Å². The summed E-state index contributed by atoms with van der Waals surface area (Å²) in [4.78, 5) is 20.6. The number of rotatable bonds is 6. The summed E-state index contributed by atoms with van der Waals surface area (Å²) >= 11 is 3.03. The average Bonchev–Trinajstić information content (AvgIpc) is 3.12. The predicted octanol–water partition coefficient (Wildman–Crippen LogP) is 4.63. The lowest BCUT2D eigenvalue weighted by atomic mass is 10.2. The normalized spacial score (nSPS) is 10.1. The van der Waals surface area contributed by atoms with Crippen molar-refractivity contribution in [1.82, 2.24) is 10.3 Å². The summed E-state index contributed by atoms with van der Waals surface area (Å²) in [6, 6.07) is 9.83. The number of hydrogen-bond donors (Lipinski definition) is 2. The van der Waals surface area contributed by atoms with Crippen molar-refractivity contribution in [2.24, 2.45) is 0 Å². The highest BCUT2D eigenvalue weighted by atomic mass is 35.5. The number of thiophene rings is 1. The molecule has 3 aromatic rings. The second-order valence-corrected chi connectivity index (χ2v) is 7.65. The third-order valence-corrected chi connectivity index (χ3v) is 5.78. The summed E-state index contributed by atoms with van der Waals surface area (Å²) in [5.41, 5.74) is 1.97. The average molecular weight is 433 g/mol. The van der Waals surface area contributed by atoms with E-state index < -0.39 is 0 Å². The minimum absolute atomic E-state index is 0. The second-order valence-electron chi connectivity index (χ2n) is 5.61. The minimum atomic E-state index is -0.0859. The zero-order chi connectivity index (χ0) is 17.1. The topological polar surface area (TPSA) is 57.3 Å². The number of aromatic nitrogens is 1. The first-order valence-corrected chi connectivity index (χ1v) is 9.39. The van der Waals surface area contributed by atoms with Gasteiger partial charge in [-0.1, -0.05) is 30.4 Å². The summed E-state index contributed by atoms with van der Waals surface area (Å²) in [5.74, 6) is -0.0859. The van der Waals surface area contributed by atoms with E-state index in [2.05, 4.69) is 22.5 Å². The van der Waals surface area contributed by atoms with Crippen LogP contribution in [0.4, 0.5) is 10.8 Å². The summed E-state index contributed by atoms with van der Waals surface area (Å²) in [6.07, 6.45) is 0. The van der Waals surface area contributed by atoms with E-state index in [0.717, 1.165) is 39.0 Å². The fourth-order valence-electron chi connectivity index (χ4n) is 2.25. The van der Waals surface area contributed by atoms with Gasteiger partial charge in [0.15, 0.2) is 5.13 Å². The van der Waals surface area contributed by atoms with E-state index in [1.54, 1.807) is 11.3 Å². The van der Waals surface area contributed by atoms with E-state index in [-0.39, 0.29) is 30.7 Å². The summed E-state index contributed by atoms with van der Waals surface area (Å²) in [5, 5.41) is 7.21. The van der Waals surface area contributed by atoms with Gasteiger partial charge in [0.2, 0.25) is 0 Å². The SMILES string of the molecule is CCNCc1cccc(NC(=O)c2cc3sc(N(C)C)nc3s2)c1.Cl.Cl. The van der Waals surface area contributed by atoms with Crippen molar-refractivity contribution in [2.75, 3.05) is 30.9 Å². The molecular formula is C17H22Cl2N4OS2. The van der Waals surface area contributed by atoms with Gasteiger partial charge in [-0.25, -0.2) is 4.98 Å². The zero-order valence-electron chi connectivity index (χ0n) is 14.7. The standard InChI is InChI=1S/C17H20N4OS2.2ClH/c1-4-18-10-11-6-5-7-12(8-11)19-15(22)13-9-14-16(23-13)20-17(24-14)21(2)3;;/h5-9,18H,4,10H2,1-3H3,(H,19,22);2*1H. The Balaban J connectivity index is 0.00000169. The van der Waals surface area contributed by atoms with Gasteiger partial charge in [0.25, 0.3) is 5.91 Å². The highest BCUT2D eigenvalue weighted by Crippen LogP contribution is 2.34. The fraction of sp³-hybridized carbons (Fsp3) is 0.294. The Hall–Kier alpha value is -1.38. The minimum Gasteiger partial charge on any atom is -0.354 e. The molecule has 2 heterocycles. The number of carbonyl (C=O) groups excluding carboxylic acids is 1. The van der Waals surface area contributed by atoms with Crippen LogP contribution in [-0.4, -0.2) is 31.5 Å². The number of halogens is 2. The van der Waals surface area contributed by atoms with E-state index in [0.29, 0.717) is 4.88 Å². The lowest BCUT2D eigenvalue weighted by Crippen LogP contribution is -2.13. The van der Waals surface area contributed by atoms with Crippen molar-refractivity contribution >= 4 is 73.7 Å². The van der Waals surface area contributed by atoms with Gasteiger partial charge in [0, 0.05) is 26.3 Å². The molecule has 0 aliphatic heterocycles.